The molecule has 3 aliphatic rings. The van der Waals surface area contributed by atoms with E-state index in [4.69, 9.17) is 14.7 Å². The summed E-state index contributed by atoms with van der Waals surface area (Å²) in [7, 11) is -3.30. The largest absolute Gasteiger partial charge is 0.394 e. The topological polar surface area (TPSA) is 134 Å². The van der Waals surface area contributed by atoms with Gasteiger partial charge in [0.25, 0.3) is 0 Å². The molecular weight excluding hydrogens is 482 g/mol. The molecule has 2 aliphatic carbocycles. The number of nitrogens with one attached hydrogen (secondary N) is 2. The van der Waals surface area contributed by atoms with Crippen LogP contribution in [0.25, 0.3) is 11.4 Å². The molecule has 1 aliphatic heterocycles. The lowest BCUT2D eigenvalue weighted by atomic mass is 10.1. The third kappa shape index (κ3) is 4.91. The van der Waals surface area contributed by atoms with Crippen LogP contribution in [-0.2, 0) is 19.3 Å². The van der Waals surface area contributed by atoms with Gasteiger partial charge in [-0.25, -0.2) is 23.2 Å². The zero-order valence-electron chi connectivity index (χ0n) is 20.7. The molecule has 0 unspecified atom stereocenters. The molecule has 0 spiro atoms. The molecule has 1 saturated heterocycles. The zero-order valence-corrected chi connectivity index (χ0v) is 21.5. The van der Waals surface area contributed by atoms with E-state index in [9.17, 15) is 18.3 Å². The Morgan fingerprint density at radius 1 is 1.17 bits per heavy atom. The molecule has 2 aromatic rings. The molecule has 10 nitrogen and oxygen atoms in total. The number of hydrogen-bond acceptors (Lipinski definition) is 8. The number of carbonyl (C=O) groups is 1. The van der Waals surface area contributed by atoms with Crippen molar-refractivity contribution in [2.75, 3.05) is 43.1 Å². The second-order valence-electron chi connectivity index (χ2n) is 10.5. The molecule has 0 radical (unpaired) electrons. The number of rotatable bonds is 8. The van der Waals surface area contributed by atoms with Crippen LogP contribution in [0.5, 0.6) is 0 Å². The molecule has 3 fully saturated rings. The van der Waals surface area contributed by atoms with Crippen LogP contribution in [0, 0.1) is 0 Å². The first-order chi connectivity index (χ1) is 17.1. The van der Waals surface area contributed by atoms with E-state index in [-0.39, 0.29) is 11.9 Å². The van der Waals surface area contributed by atoms with Crippen molar-refractivity contribution >= 4 is 27.4 Å². The number of morpholine rings is 1. The number of urea groups is 1. The molecule has 36 heavy (non-hydrogen) atoms. The number of carbonyl (C=O) groups excluding carboxylic acids is 1. The van der Waals surface area contributed by atoms with Crippen LogP contribution in [0.15, 0.2) is 30.3 Å². The highest BCUT2D eigenvalue weighted by Crippen LogP contribution is 2.57. The van der Waals surface area contributed by atoms with Crippen LogP contribution in [0.4, 0.5) is 16.3 Å². The minimum absolute atomic E-state index is 0.184. The molecule has 0 bridgehead atoms. The van der Waals surface area contributed by atoms with Crippen molar-refractivity contribution in [3.63, 3.8) is 0 Å². The molecule has 1 aromatic heterocycles. The van der Waals surface area contributed by atoms with E-state index in [1.807, 2.05) is 18.2 Å². The van der Waals surface area contributed by atoms with Gasteiger partial charge in [-0.3, -0.25) is 0 Å². The number of anilines is 2. The van der Waals surface area contributed by atoms with Crippen LogP contribution in [0.1, 0.15) is 45.2 Å². The first-order valence-corrected chi connectivity index (χ1v) is 13.9. The van der Waals surface area contributed by atoms with Gasteiger partial charge in [0.2, 0.25) is 0 Å². The van der Waals surface area contributed by atoms with Gasteiger partial charge in [-0.1, -0.05) is 0 Å². The molecule has 2 amide bonds. The maximum Gasteiger partial charge on any atom is 0.319 e. The lowest BCUT2D eigenvalue weighted by Gasteiger charge is -2.29. The molecule has 3 N–H and O–H groups in total. The van der Waals surface area contributed by atoms with E-state index in [0.717, 1.165) is 18.4 Å². The smallest absolute Gasteiger partial charge is 0.319 e. The summed E-state index contributed by atoms with van der Waals surface area (Å²) in [5.41, 5.74) is 1.14. The second kappa shape index (κ2) is 9.28. The summed E-state index contributed by atoms with van der Waals surface area (Å²) in [5, 5.41) is 14.6. The molecule has 2 heterocycles. The van der Waals surface area contributed by atoms with E-state index in [0.29, 0.717) is 62.2 Å². The Kier molecular flexibility index (Phi) is 6.42. The summed E-state index contributed by atoms with van der Waals surface area (Å²) in [5.74, 6) is 1.17. The average Bonchev–Trinajstić information content (AvgIpc) is 3.77. The number of ether oxygens (including phenoxy) is 1. The Morgan fingerprint density at radius 2 is 1.83 bits per heavy atom. The summed E-state index contributed by atoms with van der Waals surface area (Å²) in [4.78, 5) is 23.9. The Morgan fingerprint density at radius 3 is 2.42 bits per heavy atom. The summed E-state index contributed by atoms with van der Waals surface area (Å²) < 4.78 is 31.2. The fourth-order valence-corrected chi connectivity index (χ4v) is 6.92. The summed E-state index contributed by atoms with van der Waals surface area (Å²) >= 11 is 0. The molecule has 0 atom stereocenters. The van der Waals surface area contributed by atoms with E-state index in [2.05, 4.69) is 15.5 Å². The predicted molar refractivity (Wildman–Crippen MR) is 137 cm³/mol. The molecule has 11 heteroatoms. The number of aliphatic hydroxyl groups excluding tert-OH is 1. The van der Waals surface area contributed by atoms with Gasteiger partial charge >= 0.3 is 6.03 Å². The Balaban J connectivity index is 1.44. The summed E-state index contributed by atoms with van der Waals surface area (Å²) in [6.45, 7) is 5.81. The van der Waals surface area contributed by atoms with Crippen molar-refractivity contribution in [1.82, 2.24) is 15.3 Å². The van der Waals surface area contributed by atoms with Crippen molar-refractivity contribution in [3.8, 4) is 11.4 Å². The third-order valence-electron chi connectivity index (χ3n) is 6.97. The van der Waals surface area contributed by atoms with Gasteiger partial charge in [-0.2, -0.15) is 0 Å². The van der Waals surface area contributed by atoms with Crippen LogP contribution in [0.3, 0.4) is 0 Å². The zero-order chi connectivity index (χ0) is 25.6. The molecular formula is C25H33N5O5S. The molecule has 5 rings (SSSR count). The van der Waals surface area contributed by atoms with Crippen molar-refractivity contribution in [3.05, 3.63) is 36.0 Å². The quantitative estimate of drug-likeness (QED) is 0.488. The van der Waals surface area contributed by atoms with Gasteiger partial charge in [0, 0.05) is 30.4 Å². The number of sulfone groups is 1. The van der Waals surface area contributed by atoms with Gasteiger partial charge in [0.05, 0.1) is 36.3 Å². The lowest BCUT2D eigenvalue weighted by molar-refractivity contribution is 0.122. The van der Waals surface area contributed by atoms with Gasteiger partial charge in [-0.15, -0.1) is 0 Å². The highest BCUT2D eigenvalue weighted by molar-refractivity contribution is 7.93. The number of aliphatic hydroxyl groups is 1. The maximum atomic E-state index is 13.3. The SMILES string of the molecule is CC(C)(CO)NC(=O)Nc1ccc(-c2nc(N3CCOCC3)cc(C3(S(=O)(=O)C4CC4)CC3)n2)cc1. The first kappa shape index (κ1) is 24.9. The van der Waals surface area contributed by atoms with Crippen LogP contribution >= 0.6 is 0 Å². The fraction of sp³-hybridized carbons (Fsp3) is 0.560. The Labute approximate surface area is 211 Å². The number of nitrogens with zero attached hydrogens (tertiary/aromatic N) is 3. The van der Waals surface area contributed by atoms with Crippen molar-refractivity contribution in [1.29, 1.82) is 0 Å². The van der Waals surface area contributed by atoms with Crippen LogP contribution in [-0.4, -0.2) is 73.2 Å². The van der Waals surface area contributed by atoms with Crippen molar-refractivity contribution in [2.45, 2.75) is 55.1 Å². The van der Waals surface area contributed by atoms with Crippen molar-refractivity contribution in [2.24, 2.45) is 0 Å². The Hall–Kier alpha value is -2.76. The monoisotopic (exact) mass is 515 g/mol. The normalized spacial score (nSPS) is 19.6. The summed E-state index contributed by atoms with van der Waals surface area (Å²) in [6.07, 6.45) is 2.64. The number of amides is 2. The number of hydrogen-bond donors (Lipinski definition) is 3. The highest BCUT2D eigenvalue weighted by Gasteiger charge is 2.61. The Bertz CT molecular complexity index is 1230. The van der Waals surface area contributed by atoms with Gasteiger partial charge in [0.15, 0.2) is 15.7 Å². The standard InChI is InChI=1S/C25H33N5O5S/c1-24(2,16-31)29-23(32)26-18-5-3-17(4-6-18)22-27-20(15-21(28-22)30-11-13-35-14-12-30)25(9-10-25)36(33,34)19-7-8-19/h3-6,15,19,31H,7-14,16H2,1-2H3,(H2,26,29,32). The van der Waals surface area contributed by atoms with Crippen LogP contribution in [0.2, 0.25) is 0 Å². The summed E-state index contributed by atoms with van der Waals surface area (Å²) in [6, 6.07) is 8.55. The second-order valence-corrected chi connectivity index (χ2v) is 13.0. The molecule has 2 saturated carbocycles. The van der Waals surface area contributed by atoms with Gasteiger partial charge in [-0.05, 0) is 63.8 Å². The van der Waals surface area contributed by atoms with Gasteiger partial charge < -0.3 is 25.4 Å². The fourth-order valence-electron chi connectivity index (χ4n) is 4.46. The average molecular weight is 516 g/mol. The predicted octanol–water partition coefficient (Wildman–Crippen LogP) is 2.44. The van der Waals surface area contributed by atoms with Crippen LogP contribution < -0.4 is 15.5 Å². The lowest BCUT2D eigenvalue weighted by Crippen LogP contribution is -2.48. The minimum atomic E-state index is -3.30. The molecule has 1 aromatic carbocycles. The number of benzene rings is 1. The van der Waals surface area contributed by atoms with Crippen molar-refractivity contribution < 1.29 is 23.1 Å². The van der Waals surface area contributed by atoms with E-state index in [1.54, 1.807) is 26.0 Å². The van der Waals surface area contributed by atoms with Gasteiger partial charge in [0.1, 0.15) is 10.6 Å². The highest BCUT2D eigenvalue weighted by atomic mass is 32.2. The van der Waals surface area contributed by atoms with E-state index >= 15 is 0 Å². The third-order valence-corrected chi connectivity index (χ3v) is 10.0. The minimum Gasteiger partial charge on any atom is -0.394 e. The number of aromatic nitrogens is 2. The molecule has 194 valence electrons. The van der Waals surface area contributed by atoms with E-state index < -0.39 is 26.2 Å². The van der Waals surface area contributed by atoms with E-state index in [1.165, 1.54) is 0 Å². The maximum absolute atomic E-state index is 13.3. The first-order valence-electron chi connectivity index (χ1n) is 12.4.